The van der Waals surface area contributed by atoms with E-state index in [-0.39, 0.29) is 11.9 Å². The number of nitrogens with one attached hydrogen (secondary N) is 2. The maximum Gasteiger partial charge on any atom is 0.246 e. The fourth-order valence-electron chi connectivity index (χ4n) is 3.72. The van der Waals surface area contributed by atoms with Gasteiger partial charge in [0, 0.05) is 11.7 Å². The molecular formula is C26H28N2O3. The molecule has 0 saturated heterocycles. The van der Waals surface area contributed by atoms with Crippen LogP contribution >= 0.6 is 0 Å². The van der Waals surface area contributed by atoms with E-state index in [0.717, 1.165) is 39.4 Å². The molecule has 5 heteroatoms. The lowest BCUT2D eigenvalue weighted by molar-refractivity contribution is -0.118. The van der Waals surface area contributed by atoms with Gasteiger partial charge in [-0.15, -0.1) is 0 Å². The van der Waals surface area contributed by atoms with Crippen molar-refractivity contribution in [2.24, 2.45) is 0 Å². The summed E-state index contributed by atoms with van der Waals surface area (Å²) < 4.78 is 11.3. The van der Waals surface area contributed by atoms with E-state index in [1.54, 1.807) is 0 Å². The monoisotopic (exact) mass is 416 g/mol. The average Bonchev–Trinajstić information content (AvgIpc) is 2.80. The predicted octanol–water partition coefficient (Wildman–Crippen LogP) is 5.11. The molecule has 4 rings (SSSR count). The van der Waals surface area contributed by atoms with Gasteiger partial charge in [-0.3, -0.25) is 10.1 Å². The first-order valence-corrected chi connectivity index (χ1v) is 10.6. The highest BCUT2D eigenvalue weighted by Gasteiger charge is 2.24. The Hall–Kier alpha value is -3.31. The number of anilines is 1. The molecule has 160 valence electrons. The van der Waals surface area contributed by atoms with Crippen molar-refractivity contribution in [3.63, 3.8) is 0 Å². The normalized spacial score (nSPS) is 14.5. The second-order valence-corrected chi connectivity index (χ2v) is 7.94. The fourth-order valence-corrected chi connectivity index (χ4v) is 3.72. The second kappa shape index (κ2) is 9.23. The Morgan fingerprint density at radius 1 is 0.871 bits per heavy atom. The summed E-state index contributed by atoms with van der Waals surface area (Å²) in [5.41, 5.74) is 4.92. The molecule has 0 aromatic heterocycles. The largest absolute Gasteiger partial charge is 0.486 e. The van der Waals surface area contributed by atoms with Gasteiger partial charge in [0.15, 0.2) is 11.5 Å². The minimum atomic E-state index is -0.510. The van der Waals surface area contributed by atoms with E-state index in [9.17, 15) is 4.79 Å². The minimum absolute atomic E-state index is 0.0783. The zero-order chi connectivity index (χ0) is 21.8. The quantitative estimate of drug-likeness (QED) is 0.587. The molecule has 2 atom stereocenters. The lowest BCUT2D eigenvalue weighted by atomic mass is 10.0. The van der Waals surface area contributed by atoms with Gasteiger partial charge in [0.2, 0.25) is 5.91 Å². The van der Waals surface area contributed by atoms with Crippen LogP contribution in [0, 0.1) is 13.8 Å². The standard InChI is InChI=1S/C26H28N2O3/c1-17-9-10-18(2)22(15-17)28-26(29)25(20-7-5-4-6-8-20)27-19(3)21-11-12-23-24(16-21)31-14-13-30-23/h4-12,15-16,19,25,27H,13-14H2,1-3H3,(H,28,29)/t19-,25-/m1/s1. The van der Waals surface area contributed by atoms with Crippen molar-refractivity contribution in [3.8, 4) is 11.5 Å². The number of carbonyl (C=O) groups excluding carboxylic acids is 1. The number of benzene rings is 3. The van der Waals surface area contributed by atoms with Gasteiger partial charge in [0.05, 0.1) is 0 Å². The Morgan fingerprint density at radius 2 is 1.61 bits per heavy atom. The molecule has 0 spiro atoms. The van der Waals surface area contributed by atoms with Gasteiger partial charge in [-0.25, -0.2) is 0 Å². The van der Waals surface area contributed by atoms with E-state index >= 15 is 0 Å². The number of aryl methyl sites for hydroxylation is 2. The summed E-state index contributed by atoms with van der Waals surface area (Å²) in [4.78, 5) is 13.4. The molecule has 1 aliphatic rings. The molecule has 0 bridgehead atoms. The lowest BCUT2D eigenvalue weighted by Gasteiger charge is -2.25. The first-order chi connectivity index (χ1) is 15.0. The molecule has 3 aromatic carbocycles. The summed E-state index contributed by atoms with van der Waals surface area (Å²) >= 11 is 0. The summed E-state index contributed by atoms with van der Waals surface area (Å²) in [7, 11) is 0. The van der Waals surface area contributed by atoms with Gasteiger partial charge in [-0.05, 0) is 61.2 Å². The van der Waals surface area contributed by atoms with Gasteiger partial charge in [-0.2, -0.15) is 0 Å². The van der Waals surface area contributed by atoms with Crippen molar-refractivity contribution < 1.29 is 14.3 Å². The first-order valence-electron chi connectivity index (χ1n) is 10.6. The highest BCUT2D eigenvalue weighted by Crippen LogP contribution is 2.33. The molecule has 1 aliphatic heterocycles. The first kappa shape index (κ1) is 20.9. The Balaban J connectivity index is 1.58. The van der Waals surface area contributed by atoms with Crippen LogP contribution in [0.15, 0.2) is 66.7 Å². The smallest absolute Gasteiger partial charge is 0.246 e. The van der Waals surface area contributed by atoms with Gasteiger partial charge >= 0.3 is 0 Å². The molecule has 0 fully saturated rings. The third kappa shape index (κ3) is 4.89. The van der Waals surface area contributed by atoms with Crippen LogP contribution in [0.2, 0.25) is 0 Å². The van der Waals surface area contributed by atoms with Gasteiger partial charge in [0.1, 0.15) is 19.3 Å². The third-order valence-electron chi connectivity index (χ3n) is 5.53. The highest BCUT2D eigenvalue weighted by atomic mass is 16.6. The predicted molar refractivity (Wildman–Crippen MR) is 123 cm³/mol. The van der Waals surface area contributed by atoms with Crippen LogP contribution in [-0.4, -0.2) is 19.1 Å². The number of amides is 1. The van der Waals surface area contributed by atoms with E-state index in [1.807, 2.05) is 87.5 Å². The van der Waals surface area contributed by atoms with Crippen LogP contribution in [0.3, 0.4) is 0 Å². The summed E-state index contributed by atoms with van der Waals surface area (Å²) in [5.74, 6) is 1.41. The van der Waals surface area contributed by atoms with Crippen molar-refractivity contribution in [1.29, 1.82) is 0 Å². The SMILES string of the molecule is Cc1ccc(C)c(NC(=O)[C@H](N[C@H](C)c2ccc3c(c2)OCCO3)c2ccccc2)c1. The molecule has 3 aromatic rings. The number of rotatable bonds is 6. The van der Waals surface area contributed by atoms with Crippen molar-refractivity contribution in [1.82, 2.24) is 5.32 Å². The number of hydrogen-bond donors (Lipinski definition) is 2. The highest BCUT2D eigenvalue weighted by molar-refractivity contribution is 5.96. The molecule has 0 aliphatic carbocycles. The average molecular weight is 417 g/mol. The van der Waals surface area contributed by atoms with Gasteiger partial charge in [-0.1, -0.05) is 48.5 Å². The summed E-state index contributed by atoms with van der Waals surface area (Å²) in [5, 5.41) is 6.61. The van der Waals surface area contributed by atoms with Crippen LogP contribution < -0.4 is 20.1 Å². The summed E-state index contributed by atoms with van der Waals surface area (Å²) in [6.45, 7) is 7.17. The number of ether oxygens (including phenoxy) is 2. The zero-order valence-corrected chi connectivity index (χ0v) is 18.1. The van der Waals surface area contributed by atoms with Crippen LogP contribution in [-0.2, 0) is 4.79 Å². The Morgan fingerprint density at radius 3 is 2.39 bits per heavy atom. The molecule has 5 nitrogen and oxygen atoms in total. The molecule has 31 heavy (non-hydrogen) atoms. The van der Waals surface area contributed by atoms with Crippen molar-refractivity contribution >= 4 is 11.6 Å². The topological polar surface area (TPSA) is 59.6 Å². The molecule has 0 saturated carbocycles. The number of fused-ring (bicyclic) bond motifs is 1. The molecular weight excluding hydrogens is 388 g/mol. The maximum atomic E-state index is 13.4. The van der Waals surface area contributed by atoms with Crippen LogP contribution in [0.1, 0.15) is 41.3 Å². The molecule has 1 heterocycles. The second-order valence-electron chi connectivity index (χ2n) is 7.94. The van der Waals surface area contributed by atoms with E-state index in [2.05, 4.69) is 10.6 Å². The van der Waals surface area contributed by atoms with Crippen molar-refractivity contribution in [3.05, 3.63) is 89.0 Å². The van der Waals surface area contributed by atoms with E-state index in [4.69, 9.17) is 9.47 Å². The third-order valence-corrected chi connectivity index (χ3v) is 5.53. The Kier molecular flexibility index (Phi) is 6.23. The maximum absolute atomic E-state index is 13.4. The number of carbonyl (C=O) groups is 1. The van der Waals surface area contributed by atoms with Crippen LogP contribution in [0.5, 0.6) is 11.5 Å². The fraction of sp³-hybridized carbons (Fsp3) is 0.269. The van der Waals surface area contributed by atoms with Crippen molar-refractivity contribution in [2.75, 3.05) is 18.5 Å². The van der Waals surface area contributed by atoms with Crippen LogP contribution in [0.4, 0.5) is 5.69 Å². The van der Waals surface area contributed by atoms with E-state index in [0.29, 0.717) is 13.2 Å². The van der Waals surface area contributed by atoms with E-state index in [1.165, 1.54) is 0 Å². The Bertz CT molecular complexity index is 1070. The van der Waals surface area contributed by atoms with Crippen molar-refractivity contribution in [2.45, 2.75) is 32.9 Å². The molecule has 1 amide bonds. The zero-order valence-electron chi connectivity index (χ0n) is 18.1. The van der Waals surface area contributed by atoms with Gasteiger partial charge in [0.25, 0.3) is 0 Å². The molecule has 0 unspecified atom stereocenters. The lowest BCUT2D eigenvalue weighted by Crippen LogP contribution is -2.35. The summed E-state index contributed by atoms with van der Waals surface area (Å²) in [6, 6.07) is 21.2. The molecule has 0 radical (unpaired) electrons. The number of hydrogen-bond acceptors (Lipinski definition) is 4. The van der Waals surface area contributed by atoms with Gasteiger partial charge < -0.3 is 14.8 Å². The molecule has 2 N–H and O–H groups in total. The van der Waals surface area contributed by atoms with Crippen LogP contribution in [0.25, 0.3) is 0 Å². The minimum Gasteiger partial charge on any atom is -0.486 e. The Labute approximate surface area is 183 Å². The summed E-state index contributed by atoms with van der Waals surface area (Å²) in [6.07, 6.45) is 0. The van der Waals surface area contributed by atoms with E-state index < -0.39 is 6.04 Å².